The van der Waals surface area contributed by atoms with Crippen LogP contribution in [0.1, 0.15) is 35.9 Å². The second kappa shape index (κ2) is 9.45. The average molecular weight is 428 g/mol. The van der Waals surface area contributed by atoms with Crippen molar-refractivity contribution in [1.29, 1.82) is 0 Å². The minimum Gasteiger partial charge on any atom is -0.419 e. The van der Waals surface area contributed by atoms with Gasteiger partial charge in [-0.2, -0.15) is 0 Å². The fourth-order valence-corrected chi connectivity index (χ4v) is 4.56. The van der Waals surface area contributed by atoms with Gasteiger partial charge in [0, 0.05) is 5.56 Å². The van der Waals surface area contributed by atoms with Crippen LogP contribution in [0.5, 0.6) is 0 Å². The van der Waals surface area contributed by atoms with E-state index in [1.165, 1.54) is 17.7 Å². The Morgan fingerprint density at radius 1 is 0.844 bits per heavy atom. The smallest absolute Gasteiger partial charge is 0.247 e. The minimum absolute atomic E-state index is 0.182. The van der Waals surface area contributed by atoms with Crippen molar-refractivity contribution >= 4 is 0 Å². The molecule has 1 aromatic heterocycles. The lowest BCUT2D eigenvalue weighted by Crippen LogP contribution is -2.38. The Bertz CT molecular complexity index is 1120. The molecule has 1 saturated heterocycles. The van der Waals surface area contributed by atoms with Gasteiger partial charge in [-0.15, -0.1) is 10.2 Å². The fourth-order valence-electron chi connectivity index (χ4n) is 4.56. The van der Waals surface area contributed by atoms with Crippen molar-refractivity contribution in [3.8, 4) is 11.5 Å². The van der Waals surface area contributed by atoms with E-state index in [4.69, 9.17) is 4.42 Å². The molecule has 2 heterocycles. The van der Waals surface area contributed by atoms with Crippen molar-refractivity contribution in [2.45, 2.75) is 25.3 Å². The van der Waals surface area contributed by atoms with Gasteiger partial charge in [0.05, 0.1) is 0 Å². The molecule has 3 aromatic carbocycles. The summed E-state index contributed by atoms with van der Waals surface area (Å²) in [7, 11) is 0. The molecule has 0 N–H and O–H groups in total. The first kappa shape index (κ1) is 20.6. The minimum atomic E-state index is -0.246. The van der Waals surface area contributed by atoms with Gasteiger partial charge in [-0.1, -0.05) is 60.7 Å². The lowest BCUT2D eigenvalue weighted by molar-refractivity contribution is 0.135. The summed E-state index contributed by atoms with van der Waals surface area (Å²) in [5.41, 5.74) is 3.26. The highest BCUT2D eigenvalue weighted by Gasteiger charge is 2.31. The number of hydrogen-bond donors (Lipinski definition) is 0. The zero-order valence-electron chi connectivity index (χ0n) is 17.9. The molecule has 1 aliphatic heterocycles. The maximum Gasteiger partial charge on any atom is 0.247 e. The van der Waals surface area contributed by atoms with Gasteiger partial charge in [0.15, 0.2) is 0 Å². The van der Waals surface area contributed by atoms with Crippen LogP contribution in [0.3, 0.4) is 0 Å². The molecule has 0 bridgehead atoms. The third-order valence-electron chi connectivity index (χ3n) is 6.26. The fraction of sp³-hybridized carbons (Fsp3) is 0.259. The van der Waals surface area contributed by atoms with E-state index in [1.807, 2.05) is 42.5 Å². The molecule has 32 heavy (non-hydrogen) atoms. The van der Waals surface area contributed by atoms with Gasteiger partial charge in [0.2, 0.25) is 11.8 Å². The molecule has 1 fully saturated rings. The second-order valence-corrected chi connectivity index (χ2v) is 8.43. The summed E-state index contributed by atoms with van der Waals surface area (Å²) in [5.74, 6) is 1.47. The van der Waals surface area contributed by atoms with E-state index in [-0.39, 0.29) is 11.9 Å². The molecule has 0 radical (unpaired) electrons. The first-order chi connectivity index (χ1) is 15.8. The van der Waals surface area contributed by atoms with E-state index < -0.39 is 0 Å². The molecule has 4 aromatic rings. The molecule has 5 rings (SSSR count). The third-order valence-corrected chi connectivity index (χ3v) is 6.26. The first-order valence-corrected chi connectivity index (χ1v) is 11.2. The van der Waals surface area contributed by atoms with Crippen molar-refractivity contribution < 1.29 is 8.81 Å². The average Bonchev–Trinajstić information content (AvgIpc) is 3.33. The Labute approximate surface area is 187 Å². The lowest BCUT2D eigenvalue weighted by atomic mass is 9.89. The van der Waals surface area contributed by atoms with E-state index in [9.17, 15) is 4.39 Å². The predicted molar refractivity (Wildman–Crippen MR) is 122 cm³/mol. The zero-order chi connectivity index (χ0) is 21.8. The van der Waals surface area contributed by atoms with Crippen LogP contribution in [0, 0.1) is 11.7 Å². The summed E-state index contributed by atoms with van der Waals surface area (Å²) >= 11 is 0. The standard InChI is InChI=1S/C27H26FN3O/c28-24-13-11-22(12-14-24)25(27-30-29-26(32-27)23-9-5-2-6-10-23)31-17-15-21(16-18-31)19-20-7-3-1-4-8-20/h1-14,21,25H,15-19H2/t25-/m1/s1. The Balaban J connectivity index is 1.37. The third kappa shape index (κ3) is 4.63. The molecule has 0 saturated carbocycles. The maximum absolute atomic E-state index is 13.6. The van der Waals surface area contributed by atoms with Crippen LogP contribution < -0.4 is 0 Å². The molecule has 5 heteroatoms. The molecule has 0 unspecified atom stereocenters. The number of halogens is 1. The van der Waals surface area contributed by atoms with Gasteiger partial charge < -0.3 is 4.42 Å². The largest absolute Gasteiger partial charge is 0.419 e. The number of piperidine rings is 1. The second-order valence-electron chi connectivity index (χ2n) is 8.43. The van der Waals surface area contributed by atoms with Gasteiger partial charge >= 0.3 is 0 Å². The Hall–Kier alpha value is -3.31. The Morgan fingerprint density at radius 2 is 1.50 bits per heavy atom. The van der Waals surface area contributed by atoms with Crippen molar-refractivity contribution in [2.24, 2.45) is 5.92 Å². The number of rotatable bonds is 6. The van der Waals surface area contributed by atoms with Crippen LogP contribution in [0.15, 0.2) is 89.3 Å². The summed E-state index contributed by atoms with van der Waals surface area (Å²) in [6.07, 6.45) is 3.31. The molecule has 0 amide bonds. The van der Waals surface area contributed by atoms with Crippen LogP contribution in [0.25, 0.3) is 11.5 Å². The van der Waals surface area contributed by atoms with E-state index >= 15 is 0 Å². The van der Waals surface area contributed by atoms with Crippen molar-refractivity contribution in [2.75, 3.05) is 13.1 Å². The van der Waals surface area contributed by atoms with Crippen LogP contribution in [0.4, 0.5) is 4.39 Å². The molecule has 0 spiro atoms. The van der Waals surface area contributed by atoms with E-state index in [2.05, 4.69) is 45.4 Å². The van der Waals surface area contributed by atoms with Gasteiger partial charge in [0.25, 0.3) is 0 Å². The number of benzene rings is 3. The normalized spacial score (nSPS) is 16.2. The molecular formula is C27H26FN3O. The number of nitrogens with zero attached hydrogens (tertiary/aromatic N) is 3. The van der Waals surface area contributed by atoms with Crippen LogP contribution >= 0.6 is 0 Å². The van der Waals surface area contributed by atoms with Crippen LogP contribution in [-0.2, 0) is 6.42 Å². The van der Waals surface area contributed by atoms with E-state index in [0.717, 1.165) is 43.5 Å². The summed E-state index contributed by atoms with van der Waals surface area (Å²) < 4.78 is 19.7. The highest BCUT2D eigenvalue weighted by molar-refractivity contribution is 5.51. The molecule has 0 aliphatic carbocycles. The lowest BCUT2D eigenvalue weighted by Gasteiger charge is -2.36. The SMILES string of the molecule is Fc1ccc([C@H](c2nnc(-c3ccccc3)o2)N2CCC(Cc3ccccc3)CC2)cc1. The summed E-state index contributed by atoms with van der Waals surface area (Å²) in [6.45, 7) is 1.87. The molecule has 1 atom stereocenters. The van der Waals surface area contributed by atoms with Gasteiger partial charge in [-0.05, 0) is 73.7 Å². The number of likely N-dealkylation sites (tertiary alicyclic amines) is 1. The van der Waals surface area contributed by atoms with E-state index in [1.54, 1.807) is 0 Å². The molecular weight excluding hydrogens is 401 g/mol. The van der Waals surface area contributed by atoms with E-state index in [0.29, 0.717) is 17.7 Å². The number of aromatic nitrogens is 2. The van der Waals surface area contributed by atoms with Crippen molar-refractivity contribution in [3.05, 3.63) is 108 Å². The van der Waals surface area contributed by atoms with Crippen molar-refractivity contribution in [3.63, 3.8) is 0 Å². The first-order valence-electron chi connectivity index (χ1n) is 11.2. The Kier molecular flexibility index (Phi) is 6.08. The summed E-state index contributed by atoms with van der Waals surface area (Å²) in [6, 6.07) is 26.9. The van der Waals surface area contributed by atoms with Gasteiger partial charge in [-0.25, -0.2) is 4.39 Å². The highest BCUT2D eigenvalue weighted by atomic mass is 19.1. The van der Waals surface area contributed by atoms with Crippen LogP contribution in [0.2, 0.25) is 0 Å². The monoisotopic (exact) mass is 427 g/mol. The van der Waals surface area contributed by atoms with Gasteiger partial charge in [0.1, 0.15) is 11.9 Å². The summed E-state index contributed by atoms with van der Waals surface area (Å²) in [4.78, 5) is 2.39. The Morgan fingerprint density at radius 3 is 2.19 bits per heavy atom. The maximum atomic E-state index is 13.6. The highest BCUT2D eigenvalue weighted by Crippen LogP contribution is 2.34. The topological polar surface area (TPSA) is 42.2 Å². The van der Waals surface area contributed by atoms with Crippen molar-refractivity contribution in [1.82, 2.24) is 15.1 Å². The van der Waals surface area contributed by atoms with Gasteiger partial charge in [-0.3, -0.25) is 4.90 Å². The number of hydrogen-bond acceptors (Lipinski definition) is 4. The summed E-state index contributed by atoms with van der Waals surface area (Å²) in [5, 5.41) is 8.70. The predicted octanol–water partition coefficient (Wildman–Crippen LogP) is 5.92. The van der Waals surface area contributed by atoms with Crippen LogP contribution in [-0.4, -0.2) is 28.2 Å². The molecule has 1 aliphatic rings. The zero-order valence-corrected chi connectivity index (χ0v) is 17.9. The molecule has 162 valence electrons. The quantitative estimate of drug-likeness (QED) is 0.383. The molecule has 4 nitrogen and oxygen atoms in total.